The highest BCUT2D eigenvalue weighted by molar-refractivity contribution is 7.09. The van der Waals surface area contributed by atoms with Gasteiger partial charge in [0.2, 0.25) is 5.91 Å². The first-order chi connectivity index (χ1) is 9.67. The molecule has 20 heavy (non-hydrogen) atoms. The highest BCUT2D eigenvalue weighted by atomic mass is 32.1. The number of aliphatic hydroxyl groups is 1. The smallest absolute Gasteiger partial charge is 0.230 e. The molecular weight excluding hydrogens is 276 g/mol. The molecule has 2 rings (SSSR count). The number of benzene rings is 1. The van der Waals surface area contributed by atoms with Crippen LogP contribution in [0, 0.1) is 6.92 Å². The van der Waals surface area contributed by atoms with Crippen LogP contribution >= 0.6 is 11.3 Å². The molecule has 0 aliphatic carbocycles. The van der Waals surface area contributed by atoms with E-state index >= 15 is 0 Å². The van der Waals surface area contributed by atoms with Crippen molar-refractivity contribution in [3.8, 4) is 5.75 Å². The van der Waals surface area contributed by atoms with Gasteiger partial charge in [-0.15, -0.1) is 11.3 Å². The molecule has 0 bridgehead atoms. The Kier molecular flexibility index (Phi) is 5.09. The zero-order chi connectivity index (χ0) is 14.4. The molecule has 5 nitrogen and oxygen atoms in total. The van der Waals surface area contributed by atoms with Crippen molar-refractivity contribution < 1.29 is 14.6 Å². The Morgan fingerprint density at radius 3 is 2.75 bits per heavy atom. The van der Waals surface area contributed by atoms with E-state index in [4.69, 9.17) is 9.84 Å². The molecule has 6 heteroatoms. The van der Waals surface area contributed by atoms with Crippen molar-refractivity contribution in [2.24, 2.45) is 0 Å². The lowest BCUT2D eigenvalue weighted by atomic mass is 10.2. The first-order valence-electron chi connectivity index (χ1n) is 6.22. The normalized spacial score (nSPS) is 10.3. The van der Waals surface area contributed by atoms with Crippen LogP contribution in [0.15, 0.2) is 29.6 Å². The third-order valence-corrected chi connectivity index (χ3v) is 3.33. The van der Waals surface area contributed by atoms with E-state index in [0.29, 0.717) is 11.4 Å². The monoisotopic (exact) mass is 292 g/mol. The van der Waals surface area contributed by atoms with E-state index < -0.39 is 0 Å². The number of thiazole rings is 1. The van der Waals surface area contributed by atoms with Gasteiger partial charge in [-0.2, -0.15) is 0 Å². The lowest BCUT2D eigenvalue weighted by Crippen LogP contribution is -2.14. The van der Waals surface area contributed by atoms with E-state index in [1.807, 2.05) is 12.3 Å². The van der Waals surface area contributed by atoms with Gasteiger partial charge in [0.15, 0.2) is 0 Å². The fraction of sp³-hybridized carbons (Fsp3) is 0.286. The van der Waals surface area contributed by atoms with Gasteiger partial charge in [-0.3, -0.25) is 4.79 Å². The van der Waals surface area contributed by atoms with Gasteiger partial charge >= 0.3 is 0 Å². The van der Waals surface area contributed by atoms with Gasteiger partial charge in [0.1, 0.15) is 12.4 Å². The van der Waals surface area contributed by atoms with Crippen LogP contribution in [0.2, 0.25) is 0 Å². The Morgan fingerprint density at radius 2 is 2.15 bits per heavy atom. The Morgan fingerprint density at radius 1 is 1.40 bits per heavy atom. The zero-order valence-corrected chi connectivity index (χ0v) is 11.9. The fourth-order valence-electron chi connectivity index (χ4n) is 1.66. The molecule has 0 saturated heterocycles. The number of amides is 1. The van der Waals surface area contributed by atoms with Crippen LogP contribution in [0.1, 0.15) is 10.7 Å². The van der Waals surface area contributed by atoms with E-state index in [1.165, 1.54) is 11.3 Å². The van der Waals surface area contributed by atoms with Crippen molar-refractivity contribution in [2.45, 2.75) is 13.3 Å². The second kappa shape index (κ2) is 7.02. The van der Waals surface area contributed by atoms with Gasteiger partial charge in [-0.1, -0.05) is 0 Å². The summed E-state index contributed by atoms with van der Waals surface area (Å²) < 4.78 is 5.24. The van der Waals surface area contributed by atoms with E-state index in [1.54, 1.807) is 24.3 Å². The number of anilines is 1. The molecule has 1 heterocycles. The molecule has 0 aliphatic rings. The van der Waals surface area contributed by atoms with Gasteiger partial charge in [0, 0.05) is 11.1 Å². The van der Waals surface area contributed by atoms with Crippen molar-refractivity contribution in [1.82, 2.24) is 4.98 Å². The molecule has 2 N–H and O–H groups in total. The number of aliphatic hydroxyl groups excluding tert-OH is 1. The van der Waals surface area contributed by atoms with Crippen LogP contribution in [-0.2, 0) is 11.2 Å². The molecule has 2 aromatic rings. The van der Waals surface area contributed by atoms with Gasteiger partial charge in [0.25, 0.3) is 0 Å². The Hall–Kier alpha value is -1.92. The molecule has 0 saturated carbocycles. The average molecular weight is 292 g/mol. The summed E-state index contributed by atoms with van der Waals surface area (Å²) in [6, 6.07) is 7.02. The summed E-state index contributed by atoms with van der Waals surface area (Å²) in [5.41, 5.74) is 1.49. The molecule has 106 valence electrons. The molecule has 1 amide bonds. The van der Waals surface area contributed by atoms with Crippen LogP contribution < -0.4 is 10.1 Å². The lowest BCUT2D eigenvalue weighted by Gasteiger charge is -2.07. The van der Waals surface area contributed by atoms with Gasteiger partial charge in [0.05, 0.1) is 23.7 Å². The van der Waals surface area contributed by atoms with E-state index in [9.17, 15) is 4.79 Å². The molecule has 0 aliphatic heterocycles. The topological polar surface area (TPSA) is 71.5 Å². The SMILES string of the molecule is Cc1nc(CC(=O)Nc2ccc(OCCO)cc2)cs1. The molecule has 0 atom stereocenters. The number of hydrogen-bond donors (Lipinski definition) is 2. The summed E-state index contributed by atoms with van der Waals surface area (Å²) in [7, 11) is 0. The van der Waals surface area contributed by atoms with Crippen LogP contribution in [-0.4, -0.2) is 29.2 Å². The zero-order valence-electron chi connectivity index (χ0n) is 11.1. The second-order valence-corrected chi connectivity index (χ2v) is 5.24. The van der Waals surface area contributed by atoms with E-state index in [0.717, 1.165) is 10.7 Å². The fourth-order valence-corrected chi connectivity index (χ4v) is 2.27. The number of nitrogens with zero attached hydrogens (tertiary/aromatic N) is 1. The number of hydrogen-bond acceptors (Lipinski definition) is 5. The standard InChI is InChI=1S/C14H16N2O3S/c1-10-15-12(9-20-10)8-14(18)16-11-2-4-13(5-3-11)19-7-6-17/h2-5,9,17H,6-8H2,1H3,(H,16,18). The predicted octanol–water partition coefficient (Wildman–Crippen LogP) is 2.00. The number of aromatic nitrogens is 1. The molecule has 0 fully saturated rings. The average Bonchev–Trinajstić information content (AvgIpc) is 2.83. The maximum absolute atomic E-state index is 11.8. The predicted molar refractivity (Wildman–Crippen MR) is 78.2 cm³/mol. The van der Waals surface area contributed by atoms with Gasteiger partial charge in [-0.05, 0) is 31.2 Å². The first kappa shape index (κ1) is 14.5. The van der Waals surface area contributed by atoms with Crippen LogP contribution in [0.3, 0.4) is 0 Å². The summed E-state index contributed by atoms with van der Waals surface area (Å²) in [6.45, 7) is 2.15. The number of nitrogens with one attached hydrogen (secondary N) is 1. The van der Waals surface area contributed by atoms with E-state index in [-0.39, 0.29) is 25.5 Å². The molecule has 0 spiro atoms. The minimum atomic E-state index is -0.0978. The highest BCUT2D eigenvalue weighted by Crippen LogP contribution is 2.16. The number of aryl methyl sites for hydroxylation is 1. The summed E-state index contributed by atoms with van der Waals surface area (Å²) in [5.74, 6) is 0.562. The lowest BCUT2D eigenvalue weighted by molar-refractivity contribution is -0.115. The number of rotatable bonds is 6. The quantitative estimate of drug-likeness (QED) is 0.854. The molecule has 0 radical (unpaired) electrons. The van der Waals surface area contributed by atoms with Crippen molar-refractivity contribution in [3.63, 3.8) is 0 Å². The van der Waals surface area contributed by atoms with E-state index in [2.05, 4.69) is 10.3 Å². The van der Waals surface area contributed by atoms with Crippen molar-refractivity contribution in [3.05, 3.63) is 40.3 Å². The minimum absolute atomic E-state index is 0.0223. The highest BCUT2D eigenvalue weighted by Gasteiger charge is 2.07. The number of ether oxygens (including phenoxy) is 1. The Balaban J connectivity index is 1.87. The number of carbonyl (C=O) groups is 1. The number of carbonyl (C=O) groups excluding carboxylic acids is 1. The minimum Gasteiger partial charge on any atom is -0.491 e. The van der Waals surface area contributed by atoms with Crippen molar-refractivity contribution in [2.75, 3.05) is 18.5 Å². The van der Waals surface area contributed by atoms with Gasteiger partial charge < -0.3 is 15.2 Å². The summed E-state index contributed by atoms with van der Waals surface area (Å²) in [6.07, 6.45) is 0.271. The van der Waals surface area contributed by atoms with Crippen molar-refractivity contribution >= 4 is 22.9 Å². The van der Waals surface area contributed by atoms with Crippen molar-refractivity contribution in [1.29, 1.82) is 0 Å². The first-order valence-corrected chi connectivity index (χ1v) is 7.10. The van der Waals surface area contributed by atoms with Crippen LogP contribution in [0.25, 0.3) is 0 Å². The Bertz CT molecular complexity index is 566. The Labute approximate surface area is 121 Å². The maximum atomic E-state index is 11.8. The molecule has 0 unspecified atom stereocenters. The third kappa shape index (κ3) is 4.32. The molecular formula is C14H16N2O3S. The van der Waals surface area contributed by atoms with Crippen LogP contribution in [0.4, 0.5) is 5.69 Å². The second-order valence-electron chi connectivity index (χ2n) is 4.18. The molecule has 1 aromatic heterocycles. The maximum Gasteiger partial charge on any atom is 0.230 e. The largest absolute Gasteiger partial charge is 0.491 e. The summed E-state index contributed by atoms with van der Waals surface area (Å²) >= 11 is 1.53. The van der Waals surface area contributed by atoms with Crippen LogP contribution in [0.5, 0.6) is 5.75 Å². The molecule has 1 aromatic carbocycles. The third-order valence-electron chi connectivity index (χ3n) is 2.51. The summed E-state index contributed by atoms with van der Waals surface area (Å²) in [5, 5.41) is 14.3. The van der Waals surface area contributed by atoms with Gasteiger partial charge in [-0.25, -0.2) is 4.98 Å². The summed E-state index contributed by atoms with van der Waals surface area (Å²) in [4.78, 5) is 16.1.